The van der Waals surface area contributed by atoms with Crippen LogP contribution in [0.3, 0.4) is 0 Å². The Kier molecular flexibility index (Phi) is 6.93. The van der Waals surface area contributed by atoms with Crippen LogP contribution in [0.1, 0.15) is 63.9 Å². The quantitative estimate of drug-likeness (QED) is 0.866. The molecule has 1 atom stereocenters. The highest BCUT2D eigenvalue weighted by atomic mass is 35.5. The molecule has 1 saturated heterocycles. The van der Waals surface area contributed by atoms with E-state index in [0.717, 1.165) is 25.9 Å². The second-order valence-electron chi connectivity index (χ2n) is 8.53. The number of nitrogens with zero attached hydrogens (tertiary/aromatic N) is 1. The first-order chi connectivity index (χ1) is 11.5. The Morgan fingerprint density at radius 2 is 1.76 bits per heavy atom. The third-order valence-electron chi connectivity index (χ3n) is 6.25. The van der Waals surface area contributed by atoms with Crippen LogP contribution in [0.5, 0.6) is 0 Å². The fourth-order valence-electron chi connectivity index (χ4n) is 4.39. The Balaban J connectivity index is 0.00000225. The molecule has 2 fully saturated rings. The molecule has 0 radical (unpaired) electrons. The van der Waals surface area contributed by atoms with E-state index < -0.39 is 0 Å². The standard InChI is InChI=1S/C21H32N2O.ClH/c1-21(2)15-23(13-12-19(21)22)20(24)14-16-8-10-18(11-9-16)17-6-4-3-5-7-17;/h3-7,16,18-19H,8-15,22H2,1-2H3;1H. The van der Waals surface area contributed by atoms with Crippen molar-refractivity contribution >= 4 is 18.3 Å². The van der Waals surface area contributed by atoms with Gasteiger partial charge in [0.15, 0.2) is 0 Å². The molecule has 1 unspecified atom stereocenters. The molecular weight excluding hydrogens is 332 g/mol. The van der Waals surface area contributed by atoms with Crippen LogP contribution in [0.4, 0.5) is 0 Å². The highest BCUT2D eigenvalue weighted by Crippen LogP contribution is 2.37. The second-order valence-corrected chi connectivity index (χ2v) is 8.53. The van der Waals surface area contributed by atoms with Crippen LogP contribution in [0, 0.1) is 11.3 Å². The van der Waals surface area contributed by atoms with Crippen LogP contribution in [0.25, 0.3) is 0 Å². The van der Waals surface area contributed by atoms with E-state index in [4.69, 9.17) is 5.73 Å². The number of amides is 1. The van der Waals surface area contributed by atoms with Crippen molar-refractivity contribution in [3.8, 4) is 0 Å². The van der Waals surface area contributed by atoms with Crippen LogP contribution >= 0.6 is 12.4 Å². The average molecular weight is 365 g/mol. The van der Waals surface area contributed by atoms with E-state index in [0.29, 0.717) is 17.7 Å². The zero-order chi connectivity index (χ0) is 17.2. The minimum atomic E-state index is 0. The van der Waals surface area contributed by atoms with Crippen LogP contribution in [0.15, 0.2) is 30.3 Å². The summed E-state index contributed by atoms with van der Waals surface area (Å²) >= 11 is 0. The highest BCUT2D eigenvalue weighted by Gasteiger charge is 2.36. The molecule has 0 spiro atoms. The predicted molar refractivity (Wildman–Crippen MR) is 106 cm³/mol. The van der Waals surface area contributed by atoms with Crippen LogP contribution in [0.2, 0.25) is 0 Å². The van der Waals surface area contributed by atoms with Gasteiger partial charge in [0.05, 0.1) is 0 Å². The molecule has 1 aliphatic carbocycles. The smallest absolute Gasteiger partial charge is 0.222 e. The van der Waals surface area contributed by atoms with E-state index in [9.17, 15) is 4.79 Å². The normalized spacial score (nSPS) is 28.9. The number of hydrogen-bond acceptors (Lipinski definition) is 2. The summed E-state index contributed by atoms with van der Waals surface area (Å²) in [4.78, 5) is 14.8. The number of likely N-dealkylation sites (tertiary alicyclic amines) is 1. The van der Waals surface area contributed by atoms with Crippen molar-refractivity contribution in [3.63, 3.8) is 0 Å². The SMILES string of the molecule is CC1(C)CN(C(=O)CC2CCC(c3ccccc3)CC2)CCC1N.Cl. The first kappa shape index (κ1) is 20.3. The van der Waals surface area contributed by atoms with Gasteiger partial charge in [-0.1, -0.05) is 44.2 Å². The molecule has 3 nitrogen and oxygen atoms in total. The lowest BCUT2D eigenvalue weighted by Gasteiger charge is -2.43. The van der Waals surface area contributed by atoms with Gasteiger partial charge in [-0.2, -0.15) is 0 Å². The molecule has 2 aliphatic rings. The third-order valence-corrected chi connectivity index (χ3v) is 6.25. The van der Waals surface area contributed by atoms with Gasteiger partial charge in [-0.3, -0.25) is 4.79 Å². The lowest BCUT2D eigenvalue weighted by atomic mass is 9.77. The number of hydrogen-bond donors (Lipinski definition) is 1. The summed E-state index contributed by atoms with van der Waals surface area (Å²) in [5.74, 6) is 1.60. The van der Waals surface area contributed by atoms with E-state index in [-0.39, 0.29) is 23.9 Å². The Morgan fingerprint density at radius 3 is 2.36 bits per heavy atom. The fourth-order valence-corrected chi connectivity index (χ4v) is 4.39. The van der Waals surface area contributed by atoms with Gasteiger partial charge in [0.1, 0.15) is 0 Å². The lowest BCUT2D eigenvalue weighted by Crippen LogP contribution is -2.54. The van der Waals surface area contributed by atoms with E-state index in [1.807, 2.05) is 0 Å². The number of carbonyl (C=O) groups excluding carboxylic acids is 1. The zero-order valence-corrected chi connectivity index (χ0v) is 16.4. The van der Waals surface area contributed by atoms with Crippen molar-refractivity contribution in [3.05, 3.63) is 35.9 Å². The summed E-state index contributed by atoms with van der Waals surface area (Å²) in [7, 11) is 0. The largest absolute Gasteiger partial charge is 0.342 e. The van der Waals surface area contributed by atoms with E-state index in [2.05, 4.69) is 49.1 Å². The Bertz CT molecular complexity index is 552. The molecule has 1 heterocycles. The lowest BCUT2D eigenvalue weighted by molar-refractivity contribution is -0.135. The summed E-state index contributed by atoms with van der Waals surface area (Å²) in [5.41, 5.74) is 7.70. The summed E-state index contributed by atoms with van der Waals surface area (Å²) in [6.07, 6.45) is 6.47. The predicted octanol–water partition coefficient (Wildman–Crippen LogP) is 4.36. The van der Waals surface area contributed by atoms with Crippen LogP contribution < -0.4 is 5.73 Å². The second kappa shape index (κ2) is 8.55. The Hall–Kier alpha value is -1.06. The van der Waals surface area contributed by atoms with Gasteiger partial charge in [0.25, 0.3) is 0 Å². The molecule has 1 aromatic rings. The summed E-state index contributed by atoms with van der Waals surface area (Å²) < 4.78 is 0. The maximum absolute atomic E-state index is 12.7. The van der Waals surface area contributed by atoms with Gasteiger partial charge in [0.2, 0.25) is 5.91 Å². The van der Waals surface area contributed by atoms with E-state index >= 15 is 0 Å². The number of halogens is 1. The molecule has 1 saturated carbocycles. The van der Waals surface area contributed by atoms with Gasteiger partial charge < -0.3 is 10.6 Å². The van der Waals surface area contributed by atoms with Crippen LogP contribution in [-0.4, -0.2) is 29.9 Å². The maximum atomic E-state index is 12.7. The number of rotatable bonds is 3. The molecule has 2 N–H and O–H groups in total. The summed E-state index contributed by atoms with van der Waals surface area (Å²) in [5, 5.41) is 0. The average Bonchev–Trinajstić information content (AvgIpc) is 2.58. The summed E-state index contributed by atoms with van der Waals surface area (Å²) in [6, 6.07) is 11.0. The molecule has 1 aromatic carbocycles. The Labute approximate surface area is 158 Å². The van der Waals surface area contributed by atoms with Gasteiger partial charge in [-0.25, -0.2) is 0 Å². The molecule has 25 heavy (non-hydrogen) atoms. The van der Waals surface area contributed by atoms with Crippen molar-refractivity contribution in [2.45, 2.75) is 64.3 Å². The zero-order valence-electron chi connectivity index (χ0n) is 15.6. The topological polar surface area (TPSA) is 46.3 Å². The van der Waals surface area contributed by atoms with Gasteiger partial charge in [-0.05, 0) is 54.9 Å². The molecule has 1 aliphatic heterocycles. The van der Waals surface area contributed by atoms with Gasteiger partial charge in [0, 0.05) is 25.6 Å². The molecule has 4 heteroatoms. The van der Waals surface area contributed by atoms with Crippen LogP contribution in [-0.2, 0) is 4.79 Å². The first-order valence-corrected chi connectivity index (χ1v) is 9.54. The number of nitrogens with two attached hydrogens (primary N) is 1. The van der Waals surface area contributed by atoms with Crippen molar-refractivity contribution < 1.29 is 4.79 Å². The fraction of sp³-hybridized carbons (Fsp3) is 0.667. The molecule has 1 amide bonds. The van der Waals surface area contributed by atoms with E-state index in [1.165, 1.54) is 31.2 Å². The highest BCUT2D eigenvalue weighted by molar-refractivity contribution is 5.85. The van der Waals surface area contributed by atoms with Crippen molar-refractivity contribution in [1.82, 2.24) is 4.90 Å². The molecule has 0 bridgehead atoms. The minimum absolute atomic E-state index is 0. The third kappa shape index (κ3) is 4.98. The maximum Gasteiger partial charge on any atom is 0.222 e. The van der Waals surface area contributed by atoms with Crippen molar-refractivity contribution in [2.24, 2.45) is 17.1 Å². The number of piperidine rings is 1. The Morgan fingerprint density at radius 1 is 1.12 bits per heavy atom. The number of benzene rings is 1. The van der Waals surface area contributed by atoms with Gasteiger partial charge >= 0.3 is 0 Å². The molecule has 140 valence electrons. The molecule has 0 aromatic heterocycles. The van der Waals surface area contributed by atoms with Crippen molar-refractivity contribution in [1.29, 1.82) is 0 Å². The summed E-state index contributed by atoms with van der Waals surface area (Å²) in [6.45, 7) is 6.01. The van der Waals surface area contributed by atoms with Gasteiger partial charge in [-0.15, -0.1) is 12.4 Å². The number of carbonyl (C=O) groups is 1. The monoisotopic (exact) mass is 364 g/mol. The minimum Gasteiger partial charge on any atom is -0.342 e. The molecule has 3 rings (SSSR count). The molecular formula is C21H33ClN2O. The van der Waals surface area contributed by atoms with E-state index in [1.54, 1.807) is 0 Å². The van der Waals surface area contributed by atoms with Crippen molar-refractivity contribution in [2.75, 3.05) is 13.1 Å². The first-order valence-electron chi connectivity index (χ1n) is 9.54.